The van der Waals surface area contributed by atoms with Crippen LogP contribution in [0.5, 0.6) is 0 Å². The zero-order chi connectivity index (χ0) is 13.8. The molecule has 0 amide bonds. The fourth-order valence-electron chi connectivity index (χ4n) is 4.09. The fourth-order valence-corrected chi connectivity index (χ4v) is 4.09. The Balaban J connectivity index is 2.01. The van der Waals surface area contributed by atoms with Gasteiger partial charge in [0, 0.05) is 12.6 Å². The lowest BCUT2D eigenvalue weighted by atomic mass is 9.76. The van der Waals surface area contributed by atoms with E-state index in [2.05, 4.69) is 18.7 Å². The molecular formula is C16H29NO2. The summed E-state index contributed by atoms with van der Waals surface area (Å²) in [5, 5.41) is 9.48. The van der Waals surface area contributed by atoms with E-state index in [9.17, 15) is 9.90 Å². The average molecular weight is 267 g/mol. The van der Waals surface area contributed by atoms with Gasteiger partial charge in [-0.25, -0.2) is 0 Å². The second kappa shape index (κ2) is 6.74. The summed E-state index contributed by atoms with van der Waals surface area (Å²) in [4.78, 5) is 14.0. The van der Waals surface area contributed by atoms with Gasteiger partial charge in [0.25, 0.3) is 0 Å². The van der Waals surface area contributed by atoms with Crippen LogP contribution in [0.3, 0.4) is 0 Å². The number of rotatable bonds is 5. The number of aliphatic carboxylic acids is 1. The standard InChI is InChI=1S/C16H29NO2/c1-3-5-13-6-7-14(16(18)19)15(10-13)17-9-8-12(4-2)11-17/h12-15H,3-11H2,1-2H3,(H,18,19). The van der Waals surface area contributed by atoms with Gasteiger partial charge in [-0.3, -0.25) is 9.69 Å². The second-order valence-corrected chi connectivity index (χ2v) is 6.54. The molecule has 2 aliphatic rings. The number of hydrogen-bond donors (Lipinski definition) is 1. The van der Waals surface area contributed by atoms with E-state index in [-0.39, 0.29) is 5.92 Å². The largest absolute Gasteiger partial charge is 0.481 e. The molecule has 0 aromatic rings. The SMILES string of the molecule is CCCC1CCC(C(=O)O)C(N2CCC(CC)C2)C1. The van der Waals surface area contributed by atoms with Crippen molar-refractivity contribution in [1.82, 2.24) is 4.90 Å². The minimum absolute atomic E-state index is 0.122. The predicted molar refractivity (Wildman–Crippen MR) is 77.1 cm³/mol. The first-order chi connectivity index (χ1) is 9.15. The first-order valence-corrected chi connectivity index (χ1v) is 8.12. The van der Waals surface area contributed by atoms with Gasteiger partial charge in [0.2, 0.25) is 0 Å². The molecule has 3 heteroatoms. The zero-order valence-electron chi connectivity index (χ0n) is 12.5. The van der Waals surface area contributed by atoms with E-state index in [0.717, 1.165) is 44.2 Å². The van der Waals surface area contributed by atoms with Crippen molar-refractivity contribution in [2.75, 3.05) is 13.1 Å². The van der Waals surface area contributed by atoms with Crippen LogP contribution in [0.15, 0.2) is 0 Å². The normalized spacial score (nSPS) is 36.5. The lowest BCUT2D eigenvalue weighted by molar-refractivity contribution is -0.146. The van der Waals surface area contributed by atoms with Crippen LogP contribution in [-0.2, 0) is 4.79 Å². The molecule has 2 rings (SSSR count). The lowest BCUT2D eigenvalue weighted by Gasteiger charge is -2.39. The summed E-state index contributed by atoms with van der Waals surface area (Å²) >= 11 is 0. The van der Waals surface area contributed by atoms with Gasteiger partial charge in [0.15, 0.2) is 0 Å². The van der Waals surface area contributed by atoms with Crippen molar-refractivity contribution in [2.45, 2.75) is 64.8 Å². The monoisotopic (exact) mass is 267 g/mol. The molecule has 4 atom stereocenters. The minimum atomic E-state index is -0.570. The van der Waals surface area contributed by atoms with Gasteiger partial charge < -0.3 is 5.11 Å². The van der Waals surface area contributed by atoms with Gasteiger partial charge in [-0.1, -0.05) is 33.1 Å². The molecule has 1 aliphatic carbocycles. The number of carboxylic acids is 1. The molecule has 19 heavy (non-hydrogen) atoms. The molecule has 0 aromatic carbocycles. The van der Waals surface area contributed by atoms with Crippen molar-refractivity contribution in [2.24, 2.45) is 17.8 Å². The van der Waals surface area contributed by atoms with Gasteiger partial charge in [0.1, 0.15) is 0 Å². The Kier molecular flexibility index (Phi) is 5.26. The first-order valence-electron chi connectivity index (χ1n) is 8.12. The Morgan fingerprint density at radius 2 is 2.00 bits per heavy atom. The highest BCUT2D eigenvalue weighted by Gasteiger charge is 2.40. The topological polar surface area (TPSA) is 40.5 Å². The lowest BCUT2D eigenvalue weighted by Crippen LogP contribution is -2.46. The molecule has 1 heterocycles. The highest BCUT2D eigenvalue weighted by molar-refractivity contribution is 5.71. The Labute approximate surface area is 117 Å². The third-order valence-electron chi connectivity index (χ3n) is 5.30. The molecule has 1 saturated carbocycles. The van der Waals surface area contributed by atoms with Crippen LogP contribution in [-0.4, -0.2) is 35.1 Å². The van der Waals surface area contributed by atoms with Crippen LogP contribution in [0, 0.1) is 17.8 Å². The maximum atomic E-state index is 11.5. The third-order valence-corrected chi connectivity index (χ3v) is 5.30. The molecule has 1 aliphatic heterocycles. The highest BCUT2D eigenvalue weighted by atomic mass is 16.4. The Morgan fingerprint density at radius 3 is 2.58 bits per heavy atom. The van der Waals surface area contributed by atoms with Crippen molar-refractivity contribution in [1.29, 1.82) is 0 Å². The van der Waals surface area contributed by atoms with Gasteiger partial charge >= 0.3 is 5.97 Å². The van der Waals surface area contributed by atoms with Gasteiger partial charge in [0.05, 0.1) is 5.92 Å². The van der Waals surface area contributed by atoms with E-state index in [1.54, 1.807) is 0 Å². The molecule has 110 valence electrons. The van der Waals surface area contributed by atoms with Crippen molar-refractivity contribution in [3.63, 3.8) is 0 Å². The van der Waals surface area contributed by atoms with Crippen molar-refractivity contribution < 1.29 is 9.90 Å². The maximum absolute atomic E-state index is 11.5. The van der Waals surface area contributed by atoms with Crippen LogP contribution in [0.25, 0.3) is 0 Å². The predicted octanol–water partition coefficient (Wildman–Crippen LogP) is 3.39. The maximum Gasteiger partial charge on any atom is 0.308 e. The van der Waals surface area contributed by atoms with Crippen molar-refractivity contribution in [3.05, 3.63) is 0 Å². The molecule has 2 fully saturated rings. The summed E-state index contributed by atoms with van der Waals surface area (Å²) in [7, 11) is 0. The summed E-state index contributed by atoms with van der Waals surface area (Å²) < 4.78 is 0. The second-order valence-electron chi connectivity index (χ2n) is 6.54. The van der Waals surface area contributed by atoms with E-state index < -0.39 is 5.97 Å². The van der Waals surface area contributed by atoms with Crippen LogP contribution in [0.2, 0.25) is 0 Å². The van der Waals surface area contributed by atoms with Gasteiger partial charge in [-0.15, -0.1) is 0 Å². The minimum Gasteiger partial charge on any atom is -0.481 e. The van der Waals surface area contributed by atoms with Crippen molar-refractivity contribution >= 4 is 5.97 Å². The van der Waals surface area contributed by atoms with E-state index in [1.807, 2.05) is 0 Å². The third kappa shape index (κ3) is 3.50. The zero-order valence-corrected chi connectivity index (χ0v) is 12.5. The van der Waals surface area contributed by atoms with Crippen LogP contribution < -0.4 is 0 Å². The highest BCUT2D eigenvalue weighted by Crippen LogP contribution is 2.37. The van der Waals surface area contributed by atoms with Crippen LogP contribution in [0.1, 0.15) is 58.8 Å². The van der Waals surface area contributed by atoms with Crippen molar-refractivity contribution in [3.8, 4) is 0 Å². The molecule has 0 aromatic heterocycles. The Bertz CT molecular complexity index is 305. The molecular weight excluding hydrogens is 238 g/mol. The number of nitrogens with zero attached hydrogens (tertiary/aromatic N) is 1. The Morgan fingerprint density at radius 1 is 1.21 bits per heavy atom. The Hall–Kier alpha value is -0.570. The summed E-state index contributed by atoms with van der Waals surface area (Å²) in [6.45, 7) is 6.74. The van der Waals surface area contributed by atoms with Crippen LogP contribution >= 0.6 is 0 Å². The molecule has 0 spiro atoms. The molecule has 0 bridgehead atoms. The molecule has 4 unspecified atom stereocenters. The van der Waals surface area contributed by atoms with Gasteiger partial charge in [-0.2, -0.15) is 0 Å². The average Bonchev–Trinajstić information content (AvgIpc) is 2.87. The quantitative estimate of drug-likeness (QED) is 0.830. The molecule has 1 saturated heterocycles. The number of hydrogen-bond acceptors (Lipinski definition) is 2. The molecule has 1 N–H and O–H groups in total. The summed E-state index contributed by atoms with van der Waals surface area (Å²) in [6, 6.07) is 0.305. The fraction of sp³-hybridized carbons (Fsp3) is 0.938. The number of carbonyl (C=O) groups is 1. The summed E-state index contributed by atoms with van der Waals surface area (Å²) in [5.41, 5.74) is 0. The van der Waals surface area contributed by atoms with Gasteiger partial charge in [-0.05, 0) is 44.1 Å². The van der Waals surface area contributed by atoms with E-state index in [4.69, 9.17) is 0 Å². The smallest absolute Gasteiger partial charge is 0.308 e. The first kappa shape index (κ1) is 14.8. The summed E-state index contributed by atoms with van der Waals surface area (Å²) in [5.74, 6) is 0.857. The number of likely N-dealkylation sites (tertiary alicyclic amines) is 1. The molecule has 3 nitrogen and oxygen atoms in total. The van der Waals surface area contributed by atoms with Crippen LogP contribution in [0.4, 0.5) is 0 Å². The van der Waals surface area contributed by atoms with E-state index >= 15 is 0 Å². The van der Waals surface area contributed by atoms with E-state index in [0.29, 0.717) is 6.04 Å². The van der Waals surface area contributed by atoms with E-state index in [1.165, 1.54) is 25.7 Å². The number of carboxylic acid groups (broad SMARTS) is 1. The molecule has 0 radical (unpaired) electrons. The summed E-state index contributed by atoms with van der Waals surface area (Å²) in [6.07, 6.45) is 8.11.